The summed E-state index contributed by atoms with van der Waals surface area (Å²) in [5.74, 6) is -2.17. The van der Waals surface area contributed by atoms with Gasteiger partial charge in [0.15, 0.2) is 31.3 Å². The van der Waals surface area contributed by atoms with Crippen LogP contribution in [0.1, 0.15) is 116 Å². The zero-order chi connectivity index (χ0) is 61.6. The van der Waals surface area contributed by atoms with Gasteiger partial charge in [-0.3, -0.25) is 24.1 Å². The molecule has 10 rings (SSSR count). The maximum absolute atomic E-state index is 14.9. The Hall–Kier alpha value is -6.95. The third-order valence-corrected chi connectivity index (χ3v) is 16.1. The summed E-state index contributed by atoms with van der Waals surface area (Å²) in [5, 5.41) is 6.76. The van der Waals surface area contributed by atoms with Crippen molar-refractivity contribution in [2.75, 3.05) is 26.4 Å². The van der Waals surface area contributed by atoms with E-state index in [1.807, 2.05) is 128 Å². The first kappa shape index (κ1) is 64.0. The van der Waals surface area contributed by atoms with Gasteiger partial charge in [-0.1, -0.05) is 151 Å². The predicted octanol–water partition coefficient (Wildman–Crippen LogP) is 9.86. The van der Waals surface area contributed by atoms with Crippen LogP contribution in [0.15, 0.2) is 151 Å². The number of azide groups is 1. The van der Waals surface area contributed by atoms with Crippen molar-refractivity contribution >= 4 is 23.7 Å². The Kier molecular flexibility index (Phi) is 22.2. The highest BCUT2D eigenvalue weighted by Crippen LogP contribution is 2.42. The molecule has 3 amide bonds. The Morgan fingerprint density at radius 2 is 1.25 bits per heavy atom. The molecule has 15 atom stereocenters. The van der Waals surface area contributed by atoms with Crippen molar-refractivity contribution in [2.24, 2.45) is 10.5 Å². The maximum Gasteiger partial charge on any atom is 0.311 e. The number of esters is 1. The second kappa shape index (κ2) is 30.5. The first-order valence-corrected chi connectivity index (χ1v) is 30.3. The fraction of sp³-hybridized carbons (Fsp3) is 0.493. The highest BCUT2D eigenvalue weighted by atomic mass is 16.8. The van der Waals surface area contributed by atoms with Crippen molar-refractivity contribution in [3.8, 4) is 0 Å². The molecule has 5 aliphatic rings. The van der Waals surface area contributed by atoms with Crippen LogP contribution in [0.2, 0.25) is 0 Å². The zero-order valence-electron chi connectivity index (χ0n) is 50.3. The number of carbonyl (C=O) groups excluding carboxylic acids is 4. The molecule has 88 heavy (non-hydrogen) atoms. The van der Waals surface area contributed by atoms with Crippen molar-refractivity contribution in [3.05, 3.63) is 189 Å². The summed E-state index contributed by atoms with van der Waals surface area (Å²) < 4.78 is 82.0. The van der Waals surface area contributed by atoms with Gasteiger partial charge in [0.25, 0.3) is 11.8 Å². The molecule has 0 bridgehead atoms. The summed E-state index contributed by atoms with van der Waals surface area (Å²) in [6, 6.07) is 42.2. The normalized spacial score (nSPS) is 28.7. The van der Waals surface area contributed by atoms with Crippen LogP contribution in [0.4, 0.5) is 0 Å². The van der Waals surface area contributed by atoms with E-state index in [1.165, 1.54) is 6.92 Å². The van der Waals surface area contributed by atoms with Crippen molar-refractivity contribution in [1.29, 1.82) is 0 Å². The molecular weight excluding hydrogens is 1130 g/mol. The van der Waals surface area contributed by atoms with E-state index in [0.29, 0.717) is 24.9 Å². The van der Waals surface area contributed by atoms with Crippen LogP contribution >= 0.6 is 0 Å². The molecule has 0 saturated carbocycles. The molecule has 5 aromatic carbocycles. The molecule has 0 unspecified atom stereocenters. The molecular formula is C67H79N5O16. The molecule has 4 fully saturated rings. The van der Waals surface area contributed by atoms with Crippen LogP contribution in [0.5, 0.6) is 0 Å². The van der Waals surface area contributed by atoms with Crippen molar-refractivity contribution in [2.45, 2.75) is 179 Å². The fourth-order valence-electron chi connectivity index (χ4n) is 11.5. The van der Waals surface area contributed by atoms with Crippen molar-refractivity contribution in [3.63, 3.8) is 0 Å². The van der Waals surface area contributed by atoms with E-state index in [9.17, 15) is 19.2 Å². The maximum atomic E-state index is 14.9. The summed E-state index contributed by atoms with van der Waals surface area (Å²) in [5.41, 5.74) is 11.6. The first-order chi connectivity index (χ1) is 42.7. The van der Waals surface area contributed by atoms with Crippen LogP contribution in [0, 0.1) is 5.41 Å². The van der Waals surface area contributed by atoms with Gasteiger partial charge in [-0.25, -0.2) is 0 Å². The number of carbonyl (C=O) groups is 4. The van der Waals surface area contributed by atoms with E-state index < -0.39 is 121 Å². The summed E-state index contributed by atoms with van der Waals surface area (Å²) in [6.45, 7) is 9.24. The Balaban J connectivity index is 1.04. The lowest BCUT2D eigenvalue weighted by molar-refractivity contribution is -0.387. The second-order valence-electron chi connectivity index (χ2n) is 23.7. The number of benzene rings is 5. The number of amides is 3. The number of ether oxygens (including phenoxy) is 12. The molecule has 21 nitrogen and oxygen atoms in total. The number of rotatable bonds is 26. The van der Waals surface area contributed by atoms with Crippen LogP contribution in [-0.4, -0.2) is 141 Å². The van der Waals surface area contributed by atoms with Crippen LogP contribution in [0.25, 0.3) is 10.4 Å². The standard InChI is InChI=1S/C67H79N5O16/c1-42-50(79-38-45-26-14-9-15-27-45)36-51(85-66(76)67(3,4)5)63(82-42)88-58-54(70-43(2)73)64(83-53-41-81-62(86-56(53)58)47-30-18-11-19-31-47)87-57-52(40-77-37-44-24-12-8-13-25-44)84-65(78-35-23-7-6-22-34-69-71-68)55(59(57)80-39-46-28-16-10-17-29-46)72-60(74)48-32-20-21-33-49(48)61(72)75/h8-21,24-33,42,50-59,62-65H,6-7,22-23,34-41H2,1-5H3,(H,70,73)/t42-,50+,51-,52-,53-,54-,55-,56+,57-,58-,59-,62+,63+,64+,65-/m1/s1. The van der Waals surface area contributed by atoms with Gasteiger partial charge in [-0.15, -0.1) is 0 Å². The third kappa shape index (κ3) is 16.1. The topological polar surface area (TPSA) is 243 Å². The van der Waals surface area contributed by atoms with Gasteiger partial charge in [-0.2, -0.15) is 0 Å². The number of nitrogens with zero attached hydrogens (tertiary/aromatic N) is 4. The van der Waals surface area contributed by atoms with Crippen molar-refractivity contribution < 1.29 is 76.0 Å². The highest BCUT2D eigenvalue weighted by Gasteiger charge is 2.59. The SMILES string of the molecule is CC(=O)N[C@H]1[C@H](O[C@H]2[C@H](OCc3ccccc3)[C@@H](N3C(=O)c4ccccc4C3=O)[C@H](OCCCCCCN=[N+]=[N-])O[C@@H]2COCc2ccccc2)O[C@@H]2CO[C@H](c3ccccc3)O[C@@H]2[C@@H]1O[C@@H]1O[C@H](C)[C@@H](OCc2ccccc2)C[C@H]1OC(=O)C(C)(C)C. The number of hydrogen-bond acceptors (Lipinski definition) is 17. The molecule has 0 aliphatic carbocycles. The molecule has 5 heterocycles. The Bertz CT molecular complexity index is 3080. The molecule has 468 valence electrons. The lowest BCUT2D eigenvalue weighted by Gasteiger charge is -2.53. The molecule has 5 aromatic rings. The monoisotopic (exact) mass is 1210 g/mol. The molecule has 1 N–H and O–H groups in total. The lowest BCUT2D eigenvalue weighted by Crippen LogP contribution is -2.71. The Morgan fingerprint density at radius 3 is 1.88 bits per heavy atom. The number of fused-ring (bicyclic) bond motifs is 2. The summed E-state index contributed by atoms with van der Waals surface area (Å²) in [4.78, 5) is 61.8. The average Bonchev–Trinajstić information content (AvgIpc) is 1.63. The molecule has 0 aromatic heterocycles. The minimum atomic E-state index is -1.46. The number of unbranched alkanes of at least 4 members (excludes halogenated alkanes) is 3. The van der Waals surface area contributed by atoms with Gasteiger partial charge in [0.05, 0.1) is 61.8 Å². The Morgan fingerprint density at radius 1 is 0.659 bits per heavy atom. The van der Waals surface area contributed by atoms with E-state index in [-0.39, 0.29) is 57.2 Å². The molecule has 0 radical (unpaired) electrons. The summed E-state index contributed by atoms with van der Waals surface area (Å²) in [7, 11) is 0. The van der Waals surface area contributed by atoms with E-state index in [1.54, 1.807) is 45.0 Å². The second-order valence-corrected chi connectivity index (χ2v) is 23.7. The van der Waals surface area contributed by atoms with E-state index in [0.717, 1.165) is 34.4 Å². The van der Waals surface area contributed by atoms with Gasteiger partial charge < -0.3 is 62.2 Å². The van der Waals surface area contributed by atoms with Gasteiger partial charge in [-0.05, 0) is 74.9 Å². The predicted molar refractivity (Wildman–Crippen MR) is 318 cm³/mol. The summed E-state index contributed by atoms with van der Waals surface area (Å²) >= 11 is 0. The van der Waals surface area contributed by atoms with Crippen molar-refractivity contribution in [1.82, 2.24) is 10.2 Å². The van der Waals surface area contributed by atoms with Gasteiger partial charge in [0.1, 0.15) is 48.7 Å². The van der Waals surface area contributed by atoms with Gasteiger partial charge in [0, 0.05) is 37.0 Å². The first-order valence-electron chi connectivity index (χ1n) is 30.3. The largest absolute Gasteiger partial charge is 0.456 e. The van der Waals surface area contributed by atoms with Gasteiger partial charge in [0.2, 0.25) is 5.91 Å². The molecule has 0 spiro atoms. The van der Waals surface area contributed by atoms with Crippen LogP contribution < -0.4 is 5.32 Å². The number of nitrogens with one attached hydrogen (secondary N) is 1. The van der Waals surface area contributed by atoms with Crippen LogP contribution in [-0.2, 0) is 86.3 Å². The summed E-state index contributed by atoms with van der Waals surface area (Å²) in [6.07, 6.45) is -11.0. The van der Waals surface area contributed by atoms with Crippen LogP contribution in [0.3, 0.4) is 0 Å². The minimum Gasteiger partial charge on any atom is -0.456 e. The highest BCUT2D eigenvalue weighted by molar-refractivity contribution is 6.21. The van der Waals surface area contributed by atoms with Gasteiger partial charge >= 0.3 is 5.97 Å². The van der Waals surface area contributed by atoms with E-state index in [4.69, 9.17) is 62.4 Å². The molecule has 4 saturated heterocycles. The minimum absolute atomic E-state index is 0.0257. The average molecular weight is 1210 g/mol. The van der Waals surface area contributed by atoms with E-state index >= 15 is 0 Å². The quantitative estimate of drug-likeness (QED) is 0.0135. The third-order valence-electron chi connectivity index (χ3n) is 16.1. The number of hydrogen-bond donors (Lipinski definition) is 1. The zero-order valence-corrected chi connectivity index (χ0v) is 50.3. The molecule has 21 heteroatoms. The Labute approximate surface area is 513 Å². The smallest absolute Gasteiger partial charge is 0.311 e. The van der Waals surface area contributed by atoms with E-state index in [2.05, 4.69) is 15.3 Å². The number of imide groups is 1. The lowest BCUT2D eigenvalue weighted by atomic mass is 9.92. The fourth-order valence-corrected chi connectivity index (χ4v) is 11.5. The molecule has 5 aliphatic heterocycles.